The van der Waals surface area contributed by atoms with Crippen molar-refractivity contribution in [2.24, 2.45) is 0 Å². The van der Waals surface area contributed by atoms with Crippen molar-refractivity contribution in [3.63, 3.8) is 0 Å². The van der Waals surface area contributed by atoms with E-state index in [1.807, 2.05) is 0 Å². The number of ether oxygens (including phenoxy) is 1. The van der Waals surface area contributed by atoms with E-state index in [0.717, 1.165) is 16.4 Å². The van der Waals surface area contributed by atoms with E-state index in [9.17, 15) is 27.1 Å². The fourth-order valence-corrected chi connectivity index (χ4v) is 4.11. The third-order valence-electron chi connectivity index (χ3n) is 3.75. The molecule has 0 spiro atoms. The molecule has 9 heteroatoms. The number of carbonyl (C=O) groups is 1. The van der Waals surface area contributed by atoms with Gasteiger partial charge in [-0.2, -0.15) is 4.31 Å². The lowest BCUT2D eigenvalue weighted by atomic mass is 10.0. The molecule has 0 radical (unpaired) electrons. The molecule has 0 aromatic heterocycles. The quantitative estimate of drug-likeness (QED) is 0.881. The minimum absolute atomic E-state index is 0.0467. The number of carboxylic acids is 1. The number of hydrogen-bond acceptors (Lipinski definition) is 4. The SMILES string of the molecule is COC1(C(=O)O)CCN(S(=O)(=O)c2ccccc2C(F)F)C1. The van der Waals surface area contributed by atoms with Crippen LogP contribution in [-0.4, -0.2) is 49.6 Å². The zero-order valence-electron chi connectivity index (χ0n) is 11.7. The molecule has 1 aromatic carbocycles. The van der Waals surface area contributed by atoms with Gasteiger partial charge in [0.15, 0.2) is 5.60 Å². The van der Waals surface area contributed by atoms with Gasteiger partial charge in [0, 0.05) is 25.6 Å². The van der Waals surface area contributed by atoms with Crippen LogP contribution < -0.4 is 0 Å². The molecular weight excluding hydrogens is 320 g/mol. The first kappa shape index (κ1) is 16.8. The van der Waals surface area contributed by atoms with Gasteiger partial charge < -0.3 is 9.84 Å². The third kappa shape index (κ3) is 2.71. The average Bonchev–Trinajstić information content (AvgIpc) is 2.94. The van der Waals surface area contributed by atoms with Gasteiger partial charge in [0.25, 0.3) is 6.43 Å². The Kier molecular flexibility index (Phi) is 4.50. The van der Waals surface area contributed by atoms with Gasteiger partial charge in [0.05, 0.1) is 11.4 Å². The van der Waals surface area contributed by atoms with Crippen molar-refractivity contribution in [2.45, 2.75) is 23.3 Å². The molecule has 0 amide bonds. The molecule has 1 fully saturated rings. The van der Waals surface area contributed by atoms with Crippen molar-refractivity contribution in [1.82, 2.24) is 4.31 Å². The summed E-state index contributed by atoms with van der Waals surface area (Å²) in [7, 11) is -3.04. The Bertz CT molecular complexity index is 679. The van der Waals surface area contributed by atoms with Crippen LogP contribution in [0, 0.1) is 0 Å². The maximum absolute atomic E-state index is 13.0. The number of halogens is 2. The molecule has 1 saturated heterocycles. The van der Waals surface area contributed by atoms with E-state index >= 15 is 0 Å². The Morgan fingerprint density at radius 2 is 2.05 bits per heavy atom. The minimum atomic E-state index is -4.22. The van der Waals surface area contributed by atoms with Crippen LogP contribution in [0.3, 0.4) is 0 Å². The van der Waals surface area contributed by atoms with Crippen molar-refractivity contribution in [2.75, 3.05) is 20.2 Å². The number of aliphatic carboxylic acids is 1. The van der Waals surface area contributed by atoms with Crippen molar-refractivity contribution < 1.29 is 31.8 Å². The van der Waals surface area contributed by atoms with Gasteiger partial charge in [0.1, 0.15) is 0 Å². The van der Waals surface area contributed by atoms with Crippen LogP contribution >= 0.6 is 0 Å². The number of benzene rings is 1. The van der Waals surface area contributed by atoms with Gasteiger partial charge in [-0.25, -0.2) is 22.0 Å². The standard InChI is InChI=1S/C13H15F2NO5S/c1-21-13(12(17)18)6-7-16(8-13)22(19,20)10-5-3-2-4-9(10)11(14)15/h2-5,11H,6-8H2,1H3,(H,17,18). The number of alkyl halides is 2. The van der Waals surface area contributed by atoms with E-state index in [1.54, 1.807) is 0 Å². The Morgan fingerprint density at radius 1 is 1.41 bits per heavy atom. The summed E-state index contributed by atoms with van der Waals surface area (Å²) in [4.78, 5) is 10.8. The lowest BCUT2D eigenvalue weighted by Crippen LogP contribution is -2.44. The van der Waals surface area contributed by atoms with Crippen LogP contribution in [0.1, 0.15) is 18.4 Å². The fourth-order valence-electron chi connectivity index (χ4n) is 2.42. The van der Waals surface area contributed by atoms with Crippen LogP contribution in [-0.2, 0) is 19.6 Å². The molecule has 2 rings (SSSR count). The van der Waals surface area contributed by atoms with Crippen LogP contribution in [0.2, 0.25) is 0 Å². The first-order valence-corrected chi connectivity index (χ1v) is 7.84. The van der Waals surface area contributed by atoms with E-state index in [0.29, 0.717) is 0 Å². The van der Waals surface area contributed by atoms with Crippen LogP contribution in [0.5, 0.6) is 0 Å². The molecule has 0 bridgehead atoms. The Balaban J connectivity index is 2.40. The summed E-state index contributed by atoms with van der Waals surface area (Å²) in [6.45, 7) is -0.529. The van der Waals surface area contributed by atoms with Gasteiger partial charge >= 0.3 is 5.97 Å². The number of nitrogens with zero attached hydrogens (tertiary/aromatic N) is 1. The second kappa shape index (κ2) is 5.90. The van der Waals surface area contributed by atoms with Crippen molar-refractivity contribution in [1.29, 1.82) is 0 Å². The molecule has 1 heterocycles. The topological polar surface area (TPSA) is 83.9 Å². The van der Waals surface area contributed by atoms with E-state index in [2.05, 4.69) is 0 Å². The first-order valence-electron chi connectivity index (χ1n) is 6.40. The largest absolute Gasteiger partial charge is 0.479 e. The molecule has 0 aliphatic carbocycles. The number of carboxylic acid groups (broad SMARTS) is 1. The summed E-state index contributed by atoms with van der Waals surface area (Å²) >= 11 is 0. The third-order valence-corrected chi connectivity index (χ3v) is 5.67. The average molecular weight is 335 g/mol. The number of sulfonamides is 1. The zero-order chi connectivity index (χ0) is 16.5. The first-order chi connectivity index (χ1) is 10.2. The molecular formula is C13H15F2NO5S. The summed E-state index contributed by atoms with van der Waals surface area (Å²) in [5.41, 5.74) is -2.25. The molecule has 122 valence electrons. The van der Waals surface area contributed by atoms with E-state index in [4.69, 9.17) is 4.74 Å². The van der Waals surface area contributed by atoms with E-state index < -0.39 is 45.0 Å². The van der Waals surface area contributed by atoms with Gasteiger partial charge in [0.2, 0.25) is 10.0 Å². The van der Waals surface area contributed by atoms with E-state index in [-0.39, 0.29) is 13.0 Å². The van der Waals surface area contributed by atoms with Crippen molar-refractivity contribution in [3.8, 4) is 0 Å². The fraction of sp³-hybridized carbons (Fsp3) is 0.462. The van der Waals surface area contributed by atoms with E-state index in [1.165, 1.54) is 19.2 Å². The molecule has 1 unspecified atom stereocenters. The number of rotatable bonds is 5. The maximum Gasteiger partial charge on any atom is 0.337 e. The minimum Gasteiger partial charge on any atom is -0.479 e. The van der Waals surface area contributed by atoms with Gasteiger partial charge in [-0.15, -0.1) is 0 Å². The highest BCUT2D eigenvalue weighted by Gasteiger charge is 2.49. The molecule has 0 saturated carbocycles. The highest BCUT2D eigenvalue weighted by molar-refractivity contribution is 7.89. The molecule has 22 heavy (non-hydrogen) atoms. The highest BCUT2D eigenvalue weighted by Crippen LogP contribution is 2.33. The Hall–Kier alpha value is -1.58. The van der Waals surface area contributed by atoms with Gasteiger partial charge in [-0.3, -0.25) is 0 Å². The lowest BCUT2D eigenvalue weighted by Gasteiger charge is -2.23. The number of methoxy groups -OCH3 is 1. The normalized spacial score (nSPS) is 23.1. The maximum atomic E-state index is 13.0. The molecule has 1 aliphatic heterocycles. The summed E-state index contributed by atoms with van der Waals surface area (Å²) in [6.07, 6.45) is -2.99. The zero-order valence-corrected chi connectivity index (χ0v) is 12.5. The summed E-state index contributed by atoms with van der Waals surface area (Å²) in [6, 6.07) is 4.79. The molecule has 1 aliphatic rings. The predicted molar refractivity (Wildman–Crippen MR) is 72.2 cm³/mol. The summed E-state index contributed by atoms with van der Waals surface area (Å²) in [5.74, 6) is -1.28. The summed E-state index contributed by atoms with van der Waals surface area (Å²) < 4.78 is 56.9. The smallest absolute Gasteiger partial charge is 0.337 e. The molecule has 1 N–H and O–H groups in total. The molecule has 6 nitrogen and oxygen atoms in total. The predicted octanol–water partition coefficient (Wildman–Crippen LogP) is 1.49. The van der Waals surface area contributed by atoms with Crippen molar-refractivity contribution >= 4 is 16.0 Å². The Labute approximate surface area is 126 Å². The molecule has 1 atom stereocenters. The van der Waals surface area contributed by atoms with Crippen LogP contribution in [0.4, 0.5) is 8.78 Å². The lowest BCUT2D eigenvalue weighted by molar-refractivity contribution is -0.160. The van der Waals surface area contributed by atoms with Crippen LogP contribution in [0.15, 0.2) is 29.2 Å². The van der Waals surface area contributed by atoms with Crippen LogP contribution in [0.25, 0.3) is 0 Å². The monoisotopic (exact) mass is 335 g/mol. The second-order valence-electron chi connectivity index (χ2n) is 4.93. The van der Waals surface area contributed by atoms with Crippen molar-refractivity contribution in [3.05, 3.63) is 29.8 Å². The molecule has 1 aromatic rings. The van der Waals surface area contributed by atoms with Gasteiger partial charge in [-0.1, -0.05) is 18.2 Å². The summed E-state index contributed by atoms with van der Waals surface area (Å²) in [5, 5.41) is 9.19. The number of hydrogen-bond donors (Lipinski definition) is 1. The second-order valence-corrected chi connectivity index (χ2v) is 6.84. The highest BCUT2D eigenvalue weighted by atomic mass is 32.2. The Morgan fingerprint density at radius 3 is 2.55 bits per heavy atom. The van der Waals surface area contributed by atoms with Gasteiger partial charge in [-0.05, 0) is 6.07 Å².